The van der Waals surface area contributed by atoms with Crippen molar-refractivity contribution in [3.05, 3.63) is 34.6 Å². The van der Waals surface area contributed by atoms with Gasteiger partial charge >= 0.3 is 0 Å². The maximum Gasteiger partial charge on any atom is 0.209 e. The van der Waals surface area contributed by atoms with E-state index in [4.69, 9.17) is 0 Å². The lowest BCUT2D eigenvalue weighted by Gasteiger charge is -1.96. The van der Waals surface area contributed by atoms with Crippen molar-refractivity contribution < 1.29 is 29.1 Å². The highest BCUT2D eigenvalue weighted by Crippen LogP contribution is 2.09. The van der Waals surface area contributed by atoms with Gasteiger partial charge in [-0.1, -0.05) is 0 Å². The van der Waals surface area contributed by atoms with Gasteiger partial charge in [0.2, 0.25) is 5.82 Å². The van der Waals surface area contributed by atoms with Crippen molar-refractivity contribution in [1.29, 1.82) is 0 Å². The van der Waals surface area contributed by atoms with Gasteiger partial charge in [0.05, 0.1) is 9.77 Å². The van der Waals surface area contributed by atoms with E-state index in [2.05, 4.69) is 37.7 Å². The zero-order valence-electron chi connectivity index (χ0n) is 6.48. The second kappa shape index (κ2) is 4.84. The van der Waals surface area contributed by atoms with Gasteiger partial charge in [0.1, 0.15) is 6.33 Å². The SMILES string of the molecule is Ic1cncnc1-n1ccc[nH+]1.[I-]. The summed E-state index contributed by atoms with van der Waals surface area (Å²) in [5.41, 5.74) is 0. The van der Waals surface area contributed by atoms with Crippen molar-refractivity contribution in [2.24, 2.45) is 0 Å². The molecule has 0 saturated carbocycles. The Bertz CT molecular complexity index is 374. The van der Waals surface area contributed by atoms with Crippen LogP contribution in [0.15, 0.2) is 31.0 Å². The minimum atomic E-state index is 0. The molecule has 2 heterocycles. The number of rotatable bonds is 1. The van der Waals surface area contributed by atoms with Crippen LogP contribution >= 0.6 is 22.6 Å². The third-order valence-corrected chi connectivity index (χ3v) is 2.18. The fraction of sp³-hybridized carbons (Fsp3) is 0. The fourth-order valence-electron chi connectivity index (χ4n) is 0.911. The first-order valence-corrected chi connectivity index (χ1v) is 4.47. The second-order valence-corrected chi connectivity index (χ2v) is 3.36. The number of halogens is 2. The van der Waals surface area contributed by atoms with Crippen molar-refractivity contribution in [1.82, 2.24) is 14.6 Å². The second-order valence-electron chi connectivity index (χ2n) is 2.20. The summed E-state index contributed by atoms with van der Waals surface area (Å²) in [4.78, 5) is 8.04. The molecule has 0 aliphatic carbocycles. The lowest BCUT2D eigenvalue weighted by atomic mass is 10.6. The fourth-order valence-corrected chi connectivity index (χ4v) is 1.47. The Morgan fingerprint density at radius 1 is 1.46 bits per heavy atom. The van der Waals surface area contributed by atoms with Crippen LogP contribution in [0.5, 0.6) is 0 Å². The van der Waals surface area contributed by atoms with Crippen LogP contribution in [0.3, 0.4) is 0 Å². The van der Waals surface area contributed by atoms with Gasteiger partial charge in [0.15, 0.2) is 6.20 Å². The Morgan fingerprint density at radius 3 is 2.92 bits per heavy atom. The van der Waals surface area contributed by atoms with Crippen LogP contribution in [-0.4, -0.2) is 14.6 Å². The number of nitrogens with zero attached hydrogens (tertiary/aromatic N) is 3. The number of aromatic amines is 1. The number of hydrogen-bond donors (Lipinski definition) is 0. The Labute approximate surface area is 106 Å². The molecule has 0 aliphatic rings. The smallest absolute Gasteiger partial charge is 0.209 e. The standard InChI is InChI=1S/C7H5IN4.HI/c8-6-4-9-5-10-7(6)12-3-1-2-11-12;/h1-5H;1H. The summed E-state index contributed by atoms with van der Waals surface area (Å²) in [6.45, 7) is 0. The predicted molar refractivity (Wildman–Crippen MR) is 50.6 cm³/mol. The van der Waals surface area contributed by atoms with E-state index in [0.717, 1.165) is 9.39 Å². The molecular weight excluding hydrogens is 394 g/mol. The zero-order chi connectivity index (χ0) is 8.39. The number of H-pyrrole nitrogens is 1. The maximum atomic E-state index is 4.13. The number of aromatic nitrogens is 4. The first kappa shape index (κ1) is 10.8. The highest BCUT2D eigenvalue weighted by atomic mass is 127. The van der Waals surface area contributed by atoms with E-state index in [1.165, 1.54) is 6.33 Å². The molecule has 6 heteroatoms. The Hall–Kier alpha value is -0.250. The summed E-state index contributed by atoms with van der Waals surface area (Å²) in [6, 6.07) is 1.91. The van der Waals surface area contributed by atoms with Crippen LogP contribution in [0.4, 0.5) is 0 Å². The lowest BCUT2D eigenvalue weighted by Crippen LogP contribution is -3.00. The molecule has 0 spiro atoms. The first-order chi connectivity index (χ1) is 5.88. The van der Waals surface area contributed by atoms with E-state index in [-0.39, 0.29) is 24.0 Å². The Balaban J connectivity index is 0.000000845. The molecule has 68 valence electrons. The van der Waals surface area contributed by atoms with Gasteiger partial charge in [0, 0.05) is 12.3 Å². The Kier molecular flexibility index (Phi) is 4.03. The molecule has 0 saturated heterocycles. The molecule has 2 rings (SSSR count). The highest BCUT2D eigenvalue weighted by Gasteiger charge is 2.05. The molecule has 0 unspecified atom stereocenters. The van der Waals surface area contributed by atoms with Crippen LogP contribution in [0, 0.1) is 3.57 Å². The van der Waals surface area contributed by atoms with Crippen molar-refractivity contribution in [2.75, 3.05) is 0 Å². The minimum absolute atomic E-state index is 0. The maximum absolute atomic E-state index is 4.13. The van der Waals surface area contributed by atoms with Gasteiger partial charge < -0.3 is 24.0 Å². The summed E-state index contributed by atoms with van der Waals surface area (Å²) in [7, 11) is 0. The van der Waals surface area contributed by atoms with Gasteiger partial charge in [-0.15, -0.1) is 9.78 Å². The van der Waals surface area contributed by atoms with Crippen LogP contribution in [0.2, 0.25) is 0 Å². The van der Waals surface area contributed by atoms with E-state index in [1.54, 1.807) is 6.20 Å². The molecule has 0 bridgehead atoms. The van der Waals surface area contributed by atoms with Gasteiger partial charge in [-0.3, -0.25) is 0 Å². The van der Waals surface area contributed by atoms with E-state index in [0.29, 0.717) is 0 Å². The van der Waals surface area contributed by atoms with E-state index < -0.39 is 0 Å². The third kappa shape index (κ3) is 2.36. The zero-order valence-corrected chi connectivity index (χ0v) is 10.8. The Morgan fingerprint density at radius 2 is 2.31 bits per heavy atom. The molecule has 0 aliphatic heterocycles. The molecule has 13 heavy (non-hydrogen) atoms. The van der Waals surface area contributed by atoms with Crippen LogP contribution < -0.4 is 29.1 Å². The monoisotopic (exact) mass is 400 g/mol. The molecule has 0 atom stereocenters. The van der Waals surface area contributed by atoms with Gasteiger partial charge in [-0.2, -0.15) is 0 Å². The molecule has 2 aromatic heterocycles. The molecule has 0 radical (unpaired) electrons. The molecule has 0 fully saturated rings. The highest BCUT2D eigenvalue weighted by molar-refractivity contribution is 14.1. The van der Waals surface area contributed by atoms with Crippen LogP contribution in [0.25, 0.3) is 5.82 Å². The third-order valence-electron chi connectivity index (χ3n) is 1.42. The van der Waals surface area contributed by atoms with Crippen molar-refractivity contribution in [2.45, 2.75) is 0 Å². The summed E-state index contributed by atoms with van der Waals surface area (Å²) in [6.07, 6.45) is 7.06. The van der Waals surface area contributed by atoms with Crippen LogP contribution in [0.1, 0.15) is 0 Å². The molecule has 0 amide bonds. The minimum Gasteiger partial charge on any atom is -1.00 e. The van der Waals surface area contributed by atoms with Crippen molar-refractivity contribution in [3.8, 4) is 5.82 Å². The normalized spacial score (nSPS) is 9.31. The molecular formula is C7H6I2N4. The lowest BCUT2D eigenvalue weighted by molar-refractivity contribution is -0.474. The summed E-state index contributed by atoms with van der Waals surface area (Å²) in [5.74, 6) is 0.871. The van der Waals surface area contributed by atoms with Gasteiger partial charge in [0.25, 0.3) is 0 Å². The van der Waals surface area contributed by atoms with E-state index in [1.807, 2.05) is 23.1 Å². The molecule has 0 aromatic carbocycles. The first-order valence-electron chi connectivity index (χ1n) is 3.39. The van der Waals surface area contributed by atoms with E-state index >= 15 is 0 Å². The number of nitrogens with one attached hydrogen (secondary N) is 1. The van der Waals surface area contributed by atoms with Gasteiger partial charge in [-0.25, -0.2) is 9.97 Å². The summed E-state index contributed by atoms with van der Waals surface area (Å²) >= 11 is 2.20. The number of hydrogen-bond acceptors (Lipinski definition) is 2. The van der Waals surface area contributed by atoms with E-state index in [9.17, 15) is 0 Å². The topological polar surface area (TPSA) is 44.9 Å². The largest absolute Gasteiger partial charge is 1.00 e. The van der Waals surface area contributed by atoms with Crippen LogP contribution in [-0.2, 0) is 0 Å². The molecule has 2 aromatic rings. The van der Waals surface area contributed by atoms with Gasteiger partial charge in [-0.05, 0) is 22.6 Å². The van der Waals surface area contributed by atoms with Crippen molar-refractivity contribution in [3.63, 3.8) is 0 Å². The predicted octanol–water partition coefficient (Wildman–Crippen LogP) is -2.31. The summed E-state index contributed by atoms with van der Waals surface area (Å²) in [5, 5.41) is 3.02. The molecule has 4 nitrogen and oxygen atoms in total. The average molecular weight is 400 g/mol. The molecule has 1 N–H and O–H groups in total. The average Bonchev–Trinajstić information content (AvgIpc) is 2.57. The summed E-state index contributed by atoms with van der Waals surface area (Å²) < 4.78 is 2.85. The van der Waals surface area contributed by atoms with Crippen molar-refractivity contribution >= 4 is 22.6 Å². The quantitative estimate of drug-likeness (QED) is 0.506.